The Morgan fingerprint density at radius 1 is 0.926 bits per heavy atom. The first-order chi connectivity index (χ1) is 13.2. The van der Waals surface area contributed by atoms with E-state index in [1.165, 1.54) is 31.4 Å². The second-order valence-electron chi connectivity index (χ2n) is 7.85. The van der Waals surface area contributed by atoms with Crippen LogP contribution in [0, 0.1) is 0 Å². The van der Waals surface area contributed by atoms with Crippen LogP contribution in [0.5, 0.6) is 0 Å². The number of H-pyrrole nitrogens is 1. The number of aromatic amines is 1. The molecule has 0 unspecified atom stereocenters. The molecular weight excluding hydrogens is 342 g/mol. The van der Waals surface area contributed by atoms with Gasteiger partial charge in [-0.05, 0) is 32.7 Å². The van der Waals surface area contributed by atoms with E-state index in [9.17, 15) is 0 Å². The monoisotopic (exact) mass is 369 g/mol. The van der Waals surface area contributed by atoms with E-state index in [4.69, 9.17) is 15.0 Å². The number of hydrogen-bond donors (Lipinski definition) is 2. The number of nitrogens with one attached hydrogen (secondary N) is 2. The van der Waals surface area contributed by atoms with Crippen LogP contribution in [0.3, 0.4) is 0 Å². The van der Waals surface area contributed by atoms with Crippen molar-refractivity contribution in [2.75, 3.05) is 61.4 Å². The van der Waals surface area contributed by atoms with Crippen molar-refractivity contribution in [2.45, 2.75) is 31.6 Å². The van der Waals surface area contributed by atoms with Crippen LogP contribution in [0.1, 0.15) is 37.3 Å². The van der Waals surface area contributed by atoms with Crippen molar-refractivity contribution in [1.82, 2.24) is 30.0 Å². The molecule has 144 valence electrons. The number of piperazine rings is 1. The quantitative estimate of drug-likeness (QED) is 0.821. The first-order valence-corrected chi connectivity index (χ1v) is 10.0. The second-order valence-corrected chi connectivity index (χ2v) is 7.85. The van der Waals surface area contributed by atoms with Gasteiger partial charge in [0.25, 0.3) is 0 Å². The lowest BCUT2D eigenvalue weighted by Crippen LogP contribution is -2.45. The van der Waals surface area contributed by atoms with Gasteiger partial charge in [0.15, 0.2) is 5.82 Å². The summed E-state index contributed by atoms with van der Waals surface area (Å²) in [5, 5.41) is 10.8. The van der Waals surface area contributed by atoms with E-state index in [-0.39, 0.29) is 0 Å². The molecular formula is C18H27N9. The van der Waals surface area contributed by atoms with Gasteiger partial charge in [-0.3, -0.25) is 5.10 Å². The van der Waals surface area contributed by atoms with Gasteiger partial charge in [-0.1, -0.05) is 0 Å². The molecule has 2 aromatic heterocycles. The predicted octanol–water partition coefficient (Wildman–Crippen LogP) is 1.57. The Balaban J connectivity index is 1.41. The minimum Gasteiger partial charge on any atom is -0.341 e. The Labute approximate surface area is 159 Å². The van der Waals surface area contributed by atoms with Crippen LogP contribution < -0.4 is 15.1 Å². The summed E-state index contributed by atoms with van der Waals surface area (Å²) in [6, 6.07) is 2.08. The minimum atomic E-state index is 0.578. The van der Waals surface area contributed by atoms with E-state index in [1.54, 1.807) is 0 Å². The van der Waals surface area contributed by atoms with Crippen molar-refractivity contribution in [2.24, 2.45) is 0 Å². The van der Waals surface area contributed by atoms with Crippen molar-refractivity contribution >= 4 is 23.7 Å². The molecule has 0 bridgehead atoms. The highest BCUT2D eigenvalue weighted by Crippen LogP contribution is 2.39. The highest BCUT2D eigenvalue weighted by Gasteiger charge is 2.26. The van der Waals surface area contributed by atoms with Crippen LogP contribution in [0.2, 0.25) is 0 Å². The van der Waals surface area contributed by atoms with Gasteiger partial charge in [0.05, 0.1) is 0 Å². The minimum absolute atomic E-state index is 0.578. The molecule has 0 atom stereocenters. The van der Waals surface area contributed by atoms with Crippen molar-refractivity contribution in [3.63, 3.8) is 0 Å². The van der Waals surface area contributed by atoms with Gasteiger partial charge in [0.1, 0.15) is 0 Å². The van der Waals surface area contributed by atoms with Crippen molar-refractivity contribution < 1.29 is 0 Å². The molecule has 1 saturated carbocycles. The number of hydrogen-bond acceptors (Lipinski definition) is 8. The predicted molar refractivity (Wildman–Crippen MR) is 105 cm³/mol. The van der Waals surface area contributed by atoms with Crippen LogP contribution in [0.4, 0.5) is 23.7 Å². The van der Waals surface area contributed by atoms with Crippen LogP contribution in [0.25, 0.3) is 0 Å². The number of aromatic nitrogens is 5. The van der Waals surface area contributed by atoms with Gasteiger partial charge in [-0.15, -0.1) is 0 Å². The number of anilines is 4. The highest BCUT2D eigenvalue weighted by molar-refractivity contribution is 5.53. The van der Waals surface area contributed by atoms with Gasteiger partial charge in [-0.25, -0.2) is 0 Å². The third-order valence-electron chi connectivity index (χ3n) is 5.64. The summed E-state index contributed by atoms with van der Waals surface area (Å²) in [5.74, 6) is 3.54. The Morgan fingerprint density at radius 3 is 2.26 bits per heavy atom. The molecule has 9 heteroatoms. The fraction of sp³-hybridized carbons (Fsp3) is 0.667. The van der Waals surface area contributed by atoms with E-state index >= 15 is 0 Å². The molecule has 0 radical (unpaired) electrons. The lowest BCUT2D eigenvalue weighted by molar-refractivity contribution is 0.311. The third kappa shape index (κ3) is 3.69. The largest absolute Gasteiger partial charge is 0.341 e. The number of rotatable bonds is 5. The van der Waals surface area contributed by atoms with Crippen LogP contribution in [-0.2, 0) is 0 Å². The zero-order valence-electron chi connectivity index (χ0n) is 15.9. The number of nitrogens with zero attached hydrogens (tertiary/aromatic N) is 7. The molecule has 3 fully saturated rings. The van der Waals surface area contributed by atoms with Gasteiger partial charge >= 0.3 is 0 Å². The van der Waals surface area contributed by atoms with Gasteiger partial charge in [0, 0.05) is 56.9 Å². The summed E-state index contributed by atoms with van der Waals surface area (Å²) in [6.07, 6.45) is 4.89. The molecule has 5 rings (SSSR count). The molecule has 0 amide bonds. The average molecular weight is 369 g/mol. The van der Waals surface area contributed by atoms with Crippen LogP contribution in [-0.4, -0.2) is 76.4 Å². The fourth-order valence-corrected chi connectivity index (χ4v) is 3.73. The molecule has 1 aliphatic carbocycles. The molecule has 3 aliphatic rings. The molecule has 9 nitrogen and oxygen atoms in total. The standard InChI is InChI=1S/C18H27N9/c1-25-8-10-27(11-9-25)18-21-16(20-17(22-18)26-6-2-3-7-26)19-15-12-14(23-24-15)13-4-5-13/h12-13H,2-11H2,1H3,(H2,19,20,21,22,23,24). The van der Waals surface area contributed by atoms with E-state index < -0.39 is 0 Å². The molecule has 4 heterocycles. The second kappa shape index (κ2) is 6.95. The highest BCUT2D eigenvalue weighted by atomic mass is 15.4. The molecule has 2 saturated heterocycles. The van der Waals surface area contributed by atoms with Crippen LogP contribution in [0.15, 0.2) is 6.07 Å². The molecule has 0 aromatic carbocycles. The van der Waals surface area contributed by atoms with E-state index in [0.29, 0.717) is 11.9 Å². The summed E-state index contributed by atoms with van der Waals surface area (Å²) in [6.45, 7) is 5.95. The molecule has 27 heavy (non-hydrogen) atoms. The Kier molecular flexibility index (Phi) is 4.31. The normalized spacial score (nSPS) is 21.1. The topological polar surface area (TPSA) is 89.1 Å². The summed E-state index contributed by atoms with van der Waals surface area (Å²) in [4.78, 5) is 21.0. The lowest BCUT2D eigenvalue weighted by atomic mass is 10.3. The SMILES string of the molecule is CN1CCN(c2nc(Nc3cc(C4CC4)[nH]n3)nc(N3CCCC3)n2)CC1. The molecule has 0 spiro atoms. The van der Waals surface area contributed by atoms with E-state index in [1.807, 2.05) is 0 Å². The number of likely N-dealkylation sites (N-methyl/N-ethyl adjacent to an activating group) is 1. The summed E-state index contributed by atoms with van der Waals surface area (Å²) in [7, 11) is 2.16. The van der Waals surface area contributed by atoms with Gasteiger partial charge in [-0.2, -0.15) is 20.1 Å². The Hall–Kier alpha value is -2.42. The van der Waals surface area contributed by atoms with E-state index in [2.05, 4.69) is 43.3 Å². The maximum atomic E-state index is 4.79. The molecule has 2 aliphatic heterocycles. The summed E-state index contributed by atoms with van der Waals surface area (Å²) >= 11 is 0. The van der Waals surface area contributed by atoms with Crippen molar-refractivity contribution in [1.29, 1.82) is 0 Å². The first kappa shape index (κ1) is 16.7. The van der Waals surface area contributed by atoms with Gasteiger partial charge < -0.3 is 20.0 Å². The molecule has 2 aromatic rings. The Morgan fingerprint density at radius 2 is 1.59 bits per heavy atom. The lowest BCUT2D eigenvalue weighted by Gasteiger charge is -2.32. The van der Waals surface area contributed by atoms with Crippen molar-refractivity contribution in [3.8, 4) is 0 Å². The molecule has 2 N–H and O–H groups in total. The van der Waals surface area contributed by atoms with E-state index in [0.717, 1.165) is 57.0 Å². The zero-order valence-corrected chi connectivity index (χ0v) is 15.9. The fourth-order valence-electron chi connectivity index (χ4n) is 3.73. The van der Waals surface area contributed by atoms with Crippen LogP contribution >= 0.6 is 0 Å². The third-order valence-corrected chi connectivity index (χ3v) is 5.64. The maximum Gasteiger partial charge on any atom is 0.235 e. The van der Waals surface area contributed by atoms with Gasteiger partial charge in [0.2, 0.25) is 17.8 Å². The van der Waals surface area contributed by atoms with Crippen molar-refractivity contribution in [3.05, 3.63) is 11.8 Å². The smallest absolute Gasteiger partial charge is 0.235 e. The zero-order chi connectivity index (χ0) is 18.2. The first-order valence-electron chi connectivity index (χ1n) is 10.0. The Bertz CT molecular complexity index is 786. The maximum absolute atomic E-state index is 4.79. The summed E-state index contributed by atoms with van der Waals surface area (Å²) in [5.41, 5.74) is 1.20. The average Bonchev–Trinajstić information content (AvgIpc) is 3.18. The summed E-state index contributed by atoms with van der Waals surface area (Å²) < 4.78 is 0.